The predicted molar refractivity (Wildman–Crippen MR) is 68.7 cm³/mol. The van der Waals surface area contributed by atoms with Crippen LogP contribution in [0.5, 0.6) is 0 Å². The van der Waals surface area contributed by atoms with Crippen LogP contribution in [-0.4, -0.2) is 17.8 Å². The van der Waals surface area contributed by atoms with Crippen LogP contribution in [0.4, 0.5) is 0 Å². The summed E-state index contributed by atoms with van der Waals surface area (Å²) < 4.78 is 0. The summed E-state index contributed by atoms with van der Waals surface area (Å²) in [6.07, 6.45) is 5.34. The summed E-state index contributed by atoms with van der Waals surface area (Å²) in [6.45, 7) is 6.47. The van der Waals surface area contributed by atoms with Crippen molar-refractivity contribution in [2.75, 3.05) is 5.88 Å². The zero-order valence-corrected chi connectivity index (χ0v) is 11.4. The van der Waals surface area contributed by atoms with E-state index in [2.05, 4.69) is 26.1 Å². The van der Waals surface area contributed by atoms with E-state index in [9.17, 15) is 4.79 Å². The normalized spacial score (nSPS) is 25.4. The van der Waals surface area contributed by atoms with Gasteiger partial charge in [0.1, 0.15) is 0 Å². The zero-order valence-electron chi connectivity index (χ0n) is 10.7. The maximum Gasteiger partial charge on any atom is 0.223 e. The van der Waals surface area contributed by atoms with Crippen molar-refractivity contribution in [1.29, 1.82) is 0 Å². The third kappa shape index (κ3) is 3.65. The molecular formula is C13H24ClNO. The van der Waals surface area contributed by atoms with Crippen LogP contribution in [0.25, 0.3) is 0 Å². The van der Waals surface area contributed by atoms with Crippen molar-refractivity contribution >= 4 is 17.5 Å². The van der Waals surface area contributed by atoms with Gasteiger partial charge in [-0.3, -0.25) is 4.79 Å². The zero-order chi connectivity index (χ0) is 12.2. The van der Waals surface area contributed by atoms with Crippen LogP contribution in [0.3, 0.4) is 0 Å². The first-order valence-corrected chi connectivity index (χ1v) is 6.87. The second kappa shape index (κ2) is 5.90. The first kappa shape index (κ1) is 13.8. The Morgan fingerprint density at radius 3 is 2.75 bits per heavy atom. The molecule has 0 saturated heterocycles. The van der Waals surface area contributed by atoms with Gasteiger partial charge in [-0.05, 0) is 38.0 Å². The Morgan fingerprint density at radius 2 is 2.25 bits per heavy atom. The van der Waals surface area contributed by atoms with Crippen LogP contribution in [0, 0.1) is 11.3 Å². The molecule has 16 heavy (non-hydrogen) atoms. The molecule has 0 radical (unpaired) electrons. The Kier molecular flexibility index (Phi) is 5.10. The van der Waals surface area contributed by atoms with Gasteiger partial charge in [0.15, 0.2) is 0 Å². The van der Waals surface area contributed by atoms with Crippen LogP contribution in [-0.2, 0) is 4.79 Å². The van der Waals surface area contributed by atoms with Gasteiger partial charge in [0, 0.05) is 17.8 Å². The summed E-state index contributed by atoms with van der Waals surface area (Å²) in [4.78, 5) is 12.1. The van der Waals surface area contributed by atoms with E-state index in [1.165, 1.54) is 12.8 Å². The number of carbonyl (C=O) groups is 1. The summed E-state index contributed by atoms with van der Waals surface area (Å²) in [6, 6.07) is 0.252. The van der Waals surface area contributed by atoms with Crippen LogP contribution in [0.1, 0.15) is 52.9 Å². The van der Waals surface area contributed by atoms with Gasteiger partial charge in [-0.25, -0.2) is 0 Å². The second-order valence-electron chi connectivity index (χ2n) is 5.67. The average Bonchev–Trinajstić information content (AvgIpc) is 2.55. The lowest BCUT2D eigenvalue weighted by Gasteiger charge is -2.27. The van der Waals surface area contributed by atoms with E-state index in [0.717, 1.165) is 19.3 Å². The van der Waals surface area contributed by atoms with Crippen LogP contribution in [0.15, 0.2) is 0 Å². The maximum absolute atomic E-state index is 12.1. The van der Waals surface area contributed by atoms with E-state index in [4.69, 9.17) is 11.6 Å². The topological polar surface area (TPSA) is 29.1 Å². The number of alkyl halides is 1. The van der Waals surface area contributed by atoms with Gasteiger partial charge < -0.3 is 5.32 Å². The predicted octanol–water partition coefficient (Wildman–Crippen LogP) is 3.34. The Bertz CT molecular complexity index is 240. The fourth-order valence-corrected chi connectivity index (χ4v) is 2.77. The molecular weight excluding hydrogens is 222 g/mol. The highest BCUT2D eigenvalue weighted by atomic mass is 35.5. The number of amides is 1. The summed E-state index contributed by atoms with van der Waals surface area (Å²) in [5, 5.41) is 3.11. The molecule has 0 aromatic heterocycles. The van der Waals surface area contributed by atoms with Gasteiger partial charge in [0.2, 0.25) is 5.91 Å². The van der Waals surface area contributed by atoms with E-state index in [1.54, 1.807) is 0 Å². The number of hydrogen-bond acceptors (Lipinski definition) is 1. The second-order valence-corrected chi connectivity index (χ2v) is 6.05. The summed E-state index contributed by atoms with van der Waals surface area (Å²) in [5.74, 6) is 1.12. The molecule has 0 bridgehead atoms. The standard InChI is InChI=1S/C13H24ClNO/c1-10(6-5-9-14)15-12(16)11-7-4-8-13(11,2)3/h10-11H,4-9H2,1-3H3,(H,15,16). The highest BCUT2D eigenvalue weighted by molar-refractivity contribution is 6.17. The van der Waals surface area contributed by atoms with E-state index in [0.29, 0.717) is 5.88 Å². The summed E-state index contributed by atoms with van der Waals surface area (Å²) >= 11 is 5.64. The van der Waals surface area contributed by atoms with Crippen molar-refractivity contribution in [2.45, 2.75) is 58.9 Å². The van der Waals surface area contributed by atoms with Crippen molar-refractivity contribution in [3.8, 4) is 0 Å². The molecule has 0 spiro atoms. The maximum atomic E-state index is 12.1. The smallest absolute Gasteiger partial charge is 0.223 e. The van der Waals surface area contributed by atoms with Gasteiger partial charge in [-0.15, -0.1) is 11.6 Å². The van der Waals surface area contributed by atoms with Crippen molar-refractivity contribution in [1.82, 2.24) is 5.32 Å². The molecule has 2 nitrogen and oxygen atoms in total. The highest BCUT2D eigenvalue weighted by Gasteiger charge is 2.39. The Hall–Kier alpha value is -0.240. The molecule has 3 heteroatoms. The van der Waals surface area contributed by atoms with Crippen molar-refractivity contribution in [3.05, 3.63) is 0 Å². The summed E-state index contributed by atoms with van der Waals surface area (Å²) in [5.41, 5.74) is 0.177. The fraction of sp³-hybridized carbons (Fsp3) is 0.923. The lowest BCUT2D eigenvalue weighted by atomic mass is 9.81. The van der Waals surface area contributed by atoms with Gasteiger partial charge in [-0.2, -0.15) is 0 Å². The molecule has 0 aliphatic heterocycles. The van der Waals surface area contributed by atoms with Gasteiger partial charge in [-0.1, -0.05) is 20.3 Å². The lowest BCUT2D eigenvalue weighted by Crippen LogP contribution is -2.40. The fourth-order valence-electron chi connectivity index (χ4n) is 2.61. The third-order valence-corrected chi connectivity index (χ3v) is 4.00. The summed E-state index contributed by atoms with van der Waals surface area (Å²) in [7, 11) is 0. The number of halogens is 1. The Morgan fingerprint density at radius 1 is 1.56 bits per heavy atom. The first-order chi connectivity index (χ1) is 7.47. The number of carbonyl (C=O) groups excluding carboxylic acids is 1. The molecule has 1 fully saturated rings. The molecule has 0 aromatic carbocycles. The molecule has 1 aliphatic rings. The third-order valence-electron chi connectivity index (χ3n) is 3.73. The number of rotatable bonds is 5. The molecule has 2 atom stereocenters. The van der Waals surface area contributed by atoms with Crippen molar-refractivity contribution in [3.63, 3.8) is 0 Å². The molecule has 1 saturated carbocycles. The van der Waals surface area contributed by atoms with Gasteiger partial charge in [0.05, 0.1) is 0 Å². The lowest BCUT2D eigenvalue weighted by molar-refractivity contribution is -0.128. The number of nitrogens with one attached hydrogen (secondary N) is 1. The molecule has 0 heterocycles. The van der Waals surface area contributed by atoms with E-state index >= 15 is 0 Å². The van der Waals surface area contributed by atoms with E-state index < -0.39 is 0 Å². The molecule has 1 N–H and O–H groups in total. The highest BCUT2D eigenvalue weighted by Crippen LogP contribution is 2.42. The molecule has 1 aliphatic carbocycles. The molecule has 2 unspecified atom stereocenters. The van der Waals surface area contributed by atoms with Crippen molar-refractivity contribution < 1.29 is 4.79 Å². The van der Waals surface area contributed by atoms with Crippen LogP contribution in [0.2, 0.25) is 0 Å². The molecule has 1 amide bonds. The molecule has 0 aromatic rings. The monoisotopic (exact) mass is 245 g/mol. The van der Waals surface area contributed by atoms with Gasteiger partial charge >= 0.3 is 0 Å². The number of hydrogen-bond donors (Lipinski definition) is 1. The minimum atomic E-state index is 0.177. The average molecular weight is 246 g/mol. The van der Waals surface area contributed by atoms with Crippen molar-refractivity contribution in [2.24, 2.45) is 11.3 Å². The largest absolute Gasteiger partial charge is 0.353 e. The Labute approximate surface area is 104 Å². The quantitative estimate of drug-likeness (QED) is 0.740. The minimum absolute atomic E-state index is 0.177. The SMILES string of the molecule is CC(CCCCl)NC(=O)C1CCCC1(C)C. The molecule has 1 rings (SSSR count). The first-order valence-electron chi connectivity index (χ1n) is 6.33. The Balaban J connectivity index is 2.40. The molecule has 94 valence electrons. The minimum Gasteiger partial charge on any atom is -0.353 e. The van der Waals surface area contributed by atoms with E-state index in [-0.39, 0.29) is 23.3 Å². The van der Waals surface area contributed by atoms with E-state index in [1.807, 2.05) is 0 Å². The van der Waals surface area contributed by atoms with Crippen LogP contribution >= 0.6 is 11.6 Å². The van der Waals surface area contributed by atoms with Gasteiger partial charge in [0.25, 0.3) is 0 Å². The van der Waals surface area contributed by atoms with Crippen LogP contribution < -0.4 is 5.32 Å².